The fourth-order valence-electron chi connectivity index (χ4n) is 2.41. The van der Waals surface area contributed by atoms with Crippen LogP contribution in [-0.4, -0.2) is 22.6 Å². The van der Waals surface area contributed by atoms with Gasteiger partial charge in [0.05, 0.1) is 12.4 Å². The van der Waals surface area contributed by atoms with Crippen molar-refractivity contribution < 1.29 is 0 Å². The molecule has 0 saturated carbocycles. The molecule has 1 aromatic heterocycles. The number of hydrogen-bond donors (Lipinski definition) is 0. The van der Waals surface area contributed by atoms with Crippen LogP contribution < -0.4 is 4.90 Å². The van der Waals surface area contributed by atoms with Crippen LogP contribution in [0.4, 0.5) is 5.82 Å². The number of halogens is 1. The second-order valence-electron chi connectivity index (χ2n) is 4.33. The topological polar surface area (TPSA) is 29.0 Å². The van der Waals surface area contributed by atoms with E-state index in [4.69, 9.17) is 11.6 Å². The zero-order valence-corrected chi connectivity index (χ0v) is 10.5. The third-order valence-corrected chi connectivity index (χ3v) is 3.32. The Labute approximate surface area is 102 Å². The second-order valence-corrected chi connectivity index (χ2v) is 4.72. The predicted molar refractivity (Wildman–Crippen MR) is 66.9 cm³/mol. The molecule has 1 fully saturated rings. The first-order valence-corrected chi connectivity index (χ1v) is 6.43. The van der Waals surface area contributed by atoms with Gasteiger partial charge in [0, 0.05) is 12.6 Å². The van der Waals surface area contributed by atoms with Gasteiger partial charge in [-0.05, 0) is 25.7 Å². The molecule has 1 aliphatic heterocycles. The molecule has 0 amide bonds. The molecule has 1 aromatic rings. The number of rotatable bonds is 3. The molecule has 1 unspecified atom stereocenters. The molecule has 0 radical (unpaired) electrons. The zero-order valence-electron chi connectivity index (χ0n) is 9.69. The minimum Gasteiger partial charge on any atom is -0.352 e. The first-order chi connectivity index (χ1) is 7.81. The Kier molecular flexibility index (Phi) is 3.99. The lowest BCUT2D eigenvalue weighted by atomic mass is 9.98. The molecule has 0 spiro atoms. The molecule has 0 aliphatic carbocycles. The van der Waals surface area contributed by atoms with E-state index < -0.39 is 0 Å². The van der Waals surface area contributed by atoms with Gasteiger partial charge in [0.15, 0.2) is 0 Å². The Morgan fingerprint density at radius 2 is 2.31 bits per heavy atom. The van der Waals surface area contributed by atoms with Gasteiger partial charge in [0.25, 0.3) is 0 Å². The summed E-state index contributed by atoms with van der Waals surface area (Å²) in [6.45, 7) is 3.32. The van der Waals surface area contributed by atoms with Gasteiger partial charge in [0.2, 0.25) is 0 Å². The lowest BCUT2D eigenvalue weighted by Crippen LogP contribution is -2.40. The van der Waals surface area contributed by atoms with Gasteiger partial charge in [-0.2, -0.15) is 0 Å². The average Bonchev–Trinajstić information content (AvgIpc) is 2.30. The van der Waals surface area contributed by atoms with Gasteiger partial charge in [0.1, 0.15) is 11.0 Å². The molecule has 1 aliphatic rings. The number of hydrogen-bond acceptors (Lipinski definition) is 3. The standard InChI is InChI=1S/C12H18ClN3/c1-2-5-10-6-3-4-7-16(10)12-9-14-8-11(13)15-12/h8-10H,2-7H2,1H3. The smallest absolute Gasteiger partial charge is 0.149 e. The molecule has 88 valence electrons. The van der Waals surface area contributed by atoms with Crippen molar-refractivity contribution in [2.75, 3.05) is 11.4 Å². The van der Waals surface area contributed by atoms with Gasteiger partial charge in [-0.25, -0.2) is 4.98 Å². The lowest BCUT2D eigenvalue weighted by molar-refractivity contribution is 0.431. The molecule has 16 heavy (non-hydrogen) atoms. The van der Waals surface area contributed by atoms with Crippen molar-refractivity contribution >= 4 is 17.4 Å². The number of nitrogens with zero attached hydrogens (tertiary/aromatic N) is 3. The van der Waals surface area contributed by atoms with E-state index in [1.165, 1.54) is 32.1 Å². The van der Waals surface area contributed by atoms with Crippen LogP contribution in [0.3, 0.4) is 0 Å². The molecule has 1 saturated heterocycles. The largest absolute Gasteiger partial charge is 0.352 e. The third kappa shape index (κ3) is 2.64. The van der Waals surface area contributed by atoms with E-state index >= 15 is 0 Å². The van der Waals surface area contributed by atoms with Gasteiger partial charge >= 0.3 is 0 Å². The summed E-state index contributed by atoms with van der Waals surface area (Å²) in [5.74, 6) is 0.936. The second kappa shape index (κ2) is 5.48. The molecule has 4 heteroatoms. The third-order valence-electron chi connectivity index (χ3n) is 3.14. The maximum Gasteiger partial charge on any atom is 0.149 e. The summed E-state index contributed by atoms with van der Waals surface area (Å²) in [5, 5.41) is 0.485. The van der Waals surface area contributed by atoms with Crippen LogP contribution in [0, 0.1) is 0 Å². The van der Waals surface area contributed by atoms with Crippen LogP contribution in [-0.2, 0) is 0 Å². The molecule has 0 N–H and O–H groups in total. The molecule has 0 aromatic carbocycles. The highest BCUT2D eigenvalue weighted by Crippen LogP contribution is 2.25. The molecule has 2 heterocycles. The van der Waals surface area contributed by atoms with E-state index in [0.717, 1.165) is 12.4 Å². The normalized spacial score (nSPS) is 21.1. The zero-order chi connectivity index (χ0) is 11.4. The van der Waals surface area contributed by atoms with Crippen molar-refractivity contribution in [1.29, 1.82) is 0 Å². The summed E-state index contributed by atoms with van der Waals surface area (Å²) in [4.78, 5) is 10.8. The summed E-state index contributed by atoms with van der Waals surface area (Å²) in [5.41, 5.74) is 0. The van der Waals surface area contributed by atoms with Crippen molar-refractivity contribution in [3.63, 3.8) is 0 Å². The Hall–Kier alpha value is -0.830. The van der Waals surface area contributed by atoms with Crippen molar-refractivity contribution in [3.8, 4) is 0 Å². The summed E-state index contributed by atoms with van der Waals surface area (Å²) in [6, 6.07) is 0.617. The minimum atomic E-state index is 0.485. The SMILES string of the molecule is CCCC1CCCCN1c1cncc(Cl)n1. The highest BCUT2D eigenvalue weighted by atomic mass is 35.5. The van der Waals surface area contributed by atoms with E-state index in [1.807, 2.05) is 6.20 Å². The van der Waals surface area contributed by atoms with Gasteiger partial charge in [-0.15, -0.1) is 0 Å². The van der Waals surface area contributed by atoms with E-state index in [9.17, 15) is 0 Å². The van der Waals surface area contributed by atoms with Crippen LogP contribution in [0.25, 0.3) is 0 Å². The minimum absolute atomic E-state index is 0.485. The summed E-state index contributed by atoms with van der Waals surface area (Å²) in [7, 11) is 0. The van der Waals surface area contributed by atoms with Gasteiger partial charge < -0.3 is 4.90 Å². The van der Waals surface area contributed by atoms with Crippen molar-refractivity contribution in [1.82, 2.24) is 9.97 Å². The van der Waals surface area contributed by atoms with E-state index in [2.05, 4.69) is 21.8 Å². The Bertz CT molecular complexity index is 341. The maximum atomic E-state index is 5.89. The van der Waals surface area contributed by atoms with Crippen LogP contribution in [0.5, 0.6) is 0 Å². The molecule has 3 nitrogen and oxygen atoms in total. The Morgan fingerprint density at radius 3 is 3.06 bits per heavy atom. The predicted octanol–water partition coefficient (Wildman–Crippen LogP) is 3.29. The molecular weight excluding hydrogens is 222 g/mol. The van der Waals surface area contributed by atoms with E-state index in [0.29, 0.717) is 11.2 Å². The lowest BCUT2D eigenvalue weighted by Gasteiger charge is -2.36. The maximum absolute atomic E-state index is 5.89. The van der Waals surface area contributed by atoms with E-state index in [-0.39, 0.29) is 0 Å². The highest BCUT2D eigenvalue weighted by Gasteiger charge is 2.22. The Balaban J connectivity index is 2.16. The van der Waals surface area contributed by atoms with Crippen LogP contribution in [0.2, 0.25) is 5.15 Å². The van der Waals surface area contributed by atoms with Crippen molar-refractivity contribution in [2.24, 2.45) is 0 Å². The van der Waals surface area contributed by atoms with Gasteiger partial charge in [-0.1, -0.05) is 24.9 Å². The summed E-state index contributed by atoms with van der Waals surface area (Å²) in [6.07, 6.45) is 9.69. The fraction of sp³-hybridized carbons (Fsp3) is 0.667. The number of piperidine rings is 1. The van der Waals surface area contributed by atoms with Crippen molar-refractivity contribution in [3.05, 3.63) is 17.5 Å². The molecular formula is C12H18ClN3. The summed E-state index contributed by atoms with van der Waals surface area (Å²) < 4.78 is 0. The van der Waals surface area contributed by atoms with Crippen molar-refractivity contribution in [2.45, 2.75) is 45.1 Å². The first-order valence-electron chi connectivity index (χ1n) is 6.05. The van der Waals surface area contributed by atoms with E-state index in [1.54, 1.807) is 6.20 Å². The highest BCUT2D eigenvalue weighted by molar-refractivity contribution is 6.29. The number of anilines is 1. The monoisotopic (exact) mass is 239 g/mol. The van der Waals surface area contributed by atoms with Crippen LogP contribution >= 0.6 is 11.6 Å². The Morgan fingerprint density at radius 1 is 1.44 bits per heavy atom. The molecule has 2 rings (SSSR count). The fourth-order valence-corrected chi connectivity index (χ4v) is 2.55. The molecule has 0 bridgehead atoms. The number of aromatic nitrogens is 2. The van der Waals surface area contributed by atoms with Crippen LogP contribution in [0.1, 0.15) is 39.0 Å². The first kappa shape index (κ1) is 11.6. The average molecular weight is 240 g/mol. The quantitative estimate of drug-likeness (QED) is 0.811. The summed E-state index contributed by atoms with van der Waals surface area (Å²) >= 11 is 5.89. The van der Waals surface area contributed by atoms with Crippen LogP contribution in [0.15, 0.2) is 12.4 Å². The van der Waals surface area contributed by atoms with Gasteiger partial charge in [-0.3, -0.25) is 4.98 Å². The molecule has 1 atom stereocenters.